The molecule has 0 atom stereocenters. The molecule has 1 fully saturated rings. The number of hydrogen-bond acceptors (Lipinski definition) is 4. The van der Waals surface area contributed by atoms with Crippen molar-refractivity contribution in [3.63, 3.8) is 0 Å². The monoisotopic (exact) mass is 312 g/mol. The Morgan fingerprint density at radius 2 is 1.86 bits per heavy atom. The fourth-order valence-electron chi connectivity index (χ4n) is 2.88. The van der Waals surface area contributed by atoms with Crippen LogP contribution < -0.4 is 0 Å². The fraction of sp³-hybridized carbons (Fsp3) is 0.533. The molecule has 1 aliphatic rings. The number of sulfone groups is 1. The van der Waals surface area contributed by atoms with Crippen LogP contribution in [0.25, 0.3) is 0 Å². The maximum Gasteiger partial charge on any atom is 0.306 e. The van der Waals surface area contributed by atoms with E-state index in [4.69, 9.17) is 5.11 Å². The number of carbonyl (C=O) groups is 1. The van der Waals surface area contributed by atoms with E-state index in [1.54, 1.807) is 25.1 Å². The molecule has 1 aliphatic carbocycles. The van der Waals surface area contributed by atoms with Crippen LogP contribution in [0.1, 0.15) is 31.2 Å². The lowest BCUT2D eigenvalue weighted by Gasteiger charge is -2.34. The summed E-state index contributed by atoms with van der Waals surface area (Å²) in [5.41, 5.74) is -0.673. The van der Waals surface area contributed by atoms with Gasteiger partial charge in [0.2, 0.25) is 0 Å². The second-order valence-electron chi connectivity index (χ2n) is 5.86. The van der Waals surface area contributed by atoms with Crippen molar-refractivity contribution in [2.24, 2.45) is 5.92 Å². The summed E-state index contributed by atoms with van der Waals surface area (Å²) in [4.78, 5) is 11.2. The third kappa shape index (κ3) is 3.63. The van der Waals surface area contributed by atoms with E-state index >= 15 is 0 Å². The first-order chi connectivity index (χ1) is 9.73. The molecule has 0 saturated heterocycles. The molecule has 0 spiro atoms. The lowest BCUT2D eigenvalue weighted by Crippen LogP contribution is -2.42. The van der Waals surface area contributed by atoms with Crippen molar-refractivity contribution >= 4 is 15.8 Å². The van der Waals surface area contributed by atoms with Crippen molar-refractivity contribution in [2.75, 3.05) is 5.75 Å². The quantitative estimate of drug-likeness (QED) is 0.884. The van der Waals surface area contributed by atoms with Gasteiger partial charge in [-0.05, 0) is 44.2 Å². The SMILES string of the molecule is Cc1ccccc1S(=O)(=O)CC1(O)CCC(C(=O)O)CC1. The third-order valence-electron chi connectivity index (χ3n) is 4.15. The van der Waals surface area contributed by atoms with Crippen LogP contribution >= 0.6 is 0 Å². The molecule has 116 valence electrons. The van der Waals surface area contributed by atoms with E-state index < -0.39 is 27.3 Å². The van der Waals surface area contributed by atoms with E-state index in [2.05, 4.69) is 0 Å². The molecule has 5 nitrogen and oxygen atoms in total. The van der Waals surface area contributed by atoms with Crippen LogP contribution in [-0.2, 0) is 14.6 Å². The van der Waals surface area contributed by atoms with Gasteiger partial charge in [0.15, 0.2) is 9.84 Å². The van der Waals surface area contributed by atoms with Crippen molar-refractivity contribution in [1.29, 1.82) is 0 Å². The molecule has 0 aliphatic heterocycles. The summed E-state index contributed by atoms with van der Waals surface area (Å²) in [6.07, 6.45) is 1.04. The molecule has 1 aromatic rings. The van der Waals surface area contributed by atoms with E-state index in [0.29, 0.717) is 18.4 Å². The summed E-state index contributed by atoms with van der Waals surface area (Å²) in [5.74, 6) is -1.71. The number of carboxylic acids is 1. The number of aliphatic carboxylic acids is 1. The average molecular weight is 312 g/mol. The zero-order chi connectivity index (χ0) is 15.7. The molecule has 0 bridgehead atoms. The zero-order valence-corrected chi connectivity index (χ0v) is 12.8. The lowest BCUT2D eigenvalue weighted by atomic mass is 9.80. The van der Waals surface area contributed by atoms with Gasteiger partial charge in [-0.1, -0.05) is 18.2 Å². The second-order valence-corrected chi connectivity index (χ2v) is 7.82. The van der Waals surface area contributed by atoms with E-state index in [0.717, 1.165) is 0 Å². The summed E-state index contributed by atoms with van der Waals surface area (Å²) >= 11 is 0. The van der Waals surface area contributed by atoms with Crippen LogP contribution in [0.3, 0.4) is 0 Å². The Hall–Kier alpha value is -1.40. The van der Waals surface area contributed by atoms with Crippen LogP contribution in [0.2, 0.25) is 0 Å². The molecule has 2 N–H and O–H groups in total. The van der Waals surface area contributed by atoms with Gasteiger partial charge in [-0.3, -0.25) is 4.79 Å². The van der Waals surface area contributed by atoms with Crippen molar-refractivity contribution in [3.05, 3.63) is 29.8 Å². The lowest BCUT2D eigenvalue weighted by molar-refractivity contribution is -0.144. The smallest absolute Gasteiger partial charge is 0.306 e. The molecule has 2 rings (SSSR count). The number of aliphatic hydroxyl groups is 1. The maximum atomic E-state index is 12.5. The van der Waals surface area contributed by atoms with Gasteiger partial charge >= 0.3 is 5.97 Å². The maximum absolute atomic E-state index is 12.5. The Kier molecular flexibility index (Phi) is 4.39. The predicted molar refractivity (Wildman–Crippen MR) is 77.8 cm³/mol. The standard InChI is InChI=1S/C15H20O5S/c1-11-4-2-3-5-13(11)21(19,20)10-15(18)8-6-12(7-9-15)14(16)17/h2-5,12,18H,6-10H2,1H3,(H,16,17). The molecule has 6 heteroatoms. The van der Waals surface area contributed by atoms with E-state index in [-0.39, 0.29) is 23.5 Å². The summed E-state index contributed by atoms with van der Waals surface area (Å²) < 4.78 is 24.9. The Morgan fingerprint density at radius 3 is 2.38 bits per heavy atom. The minimum absolute atomic E-state index is 0.203. The highest BCUT2D eigenvalue weighted by molar-refractivity contribution is 7.91. The first-order valence-electron chi connectivity index (χ1n) is 6.97. The molecule has 0 heterocycles. The Labute approximate surface area is 124 Å². The molecule has 1 aromatic carbocycles. The molecule has 0 unspecified atom stereocenters. The topological polar surface area (TPSA) is 91.7 Å². The minimum atomic E-state index is -3.58. The average Bonchev–Trinajstić information content (AvgIpc) is 2.38. The molecule has 0 aromatic heterocycles. The van der Waals surface area contributed by atoms with E-state index in [9.17, 15) is 18.3 Å². The number of benzene rings is 1. The normalized spacial score (nSPS) is 26.5. The zero-order valence-electron chi connectivity index (χ0n) is 11.9. The summed E-state index contributed by atoms with van der Waals surface area (Å²) in [6.45, 7) is 1.72. The molecule has 0 amide bonds. The molecule has 0 radical (unpaired) electrons. The van der Waals surface area contributed by atoms with Crippen LogP contribution in [-0.4, -0.2) is 36.0 Å². The highest BCUT2D eigenvalue weighted by Crippen LogP contribution is 2.34. The fourth-order valence-corrected chi connectivity index (χ4v) is 4.88. The predicted octanol–water partition coefficient (Wildman–Crippen LogP) is 1.77. The summed E-state index contributed by atoms with van der Waals surface area (Å²) in [6, 6.07) is 6.68. The number of rotatable bonds is 4. The molecule has 1 saturated carbocycles. The largest absolute Gasteiger partial charge is 0.481 e. The van der Waals surface area contributed by atoms with Crippen LogP contribution in [0, 0.1) is 12.8 Å². The van der Waals surface area contributed by atoms with E-state index in [1.807, 2.05) is 0 Å². The van der Waals surface area contributed by atoms with Crippen molar-refractivity contribution in [2.45, 2.75) is 43.1 Å². The van der Waals surface area contributed by atoms with Crippen LogP contribution in [0.4, 0.5) is 0 Å². The van der Waals surface area contributed by atoms with Crippen molar-refractivity contribution in [1.82, 2.24) is 0 Å². The Balaban J connectivity index is 2.14. The highest BCUT2D eigenvalue weighted by atomic mass is 32.2. The summed E-state index contributed by atoms with van der Waals surface area (Å²) in [7, 11) is -3.58. The first-order valence-corrected chi connectivity index (χ1v) is 8.62. The second kappa shape index (κ2) is 5.77. The Bertz CT molecular complexity index is 627. The number of carboxylic acid groups (broad SMARTS) is 1. The van der Waals surface area contributed by atoms with Crippen LogP contribution in [0.15, 0.2) is 29.2 Å². The molecular formula is C15H20O5S. The summed E-state index contributed by atoms with van der Waals surface area (Å²) in [5, 5.41) is 19.4. The van der Waals surface area contributed by atoms with Crippen molar-refractivity contribution in [3.8, 4) is 0 Å². The van der Waals surface area contributed by atoms with Gasteiger partial charge in [0, 0.05) is 0 Å². The van der Waals surface area contributed by atoms with Gasteiger partial charge in [-0.15, -0.1) is 0 Å². The van der Waals surface area contributed by atoms with Crippen molar-refractivity contribution < 1.29 is 23.4 Å². The highest BCUT2D eigenvalue weighted by Gasteiger charge is 2.39. The van der Waals surface area contributed by atoms with Gasteiger partial charge in [-0.25, -0.2) is 8.42 Å². The minimum Gasteiger partial charge on any atom is -0.481 e. The molecule has 21 heavy (non-hydrogen) atoms. The van der Waals surface area contributed by atoms with E-state index in [1.165, 1.54) is 6.07 Å². The van der Waals surface area contributed by atoms with Gasteiger partial charge in [-0.2, -0.15) is 0 Å². The third-order valence-corrected chi connectivity index (χ3v) is 6.20. The van der Waals surface area contributed by atoms with Gasteiger partial charge in [0.1, 0.15) is 0 Å². The Morgan fingerprint density at radius 1 is 1.29 bits per heavy atom. The number of hydrogen-bond donors (Lipinski definition) is 2. The van der Waals surface area contributed by atoms with Gasteiger partial charge in [0.05, 0.1) is 22.2 Å². The van der Waals surface area contributed by atoms with Crippen LogP contribution in [0.5, 0.6) is 0 Å². The first kappa shape index (κ1) is 16.0. The van der Waals surface area contributed by atoms with Gasteiger partial charge < -0.3 is 10.2 Å². The number of aryl methyl sites for hydroxylation is 1. The molecular weight excluding hydrogens is 292 g/mol. The van der Waals surface area contributed by atoms with Gasteiger partial charge in [0.25, 0.3) is 0 Å².